The topological polar surface area (TPSA) is 42.9 Å². The van der Waals surface area contributed by atoms with Crippen LogP contribution in [0.15, 0.2) is 36.7 Å². The van der Waals surface area contributed by atoms with Gasteiger partial charge in [-0.2, -0.15) is 0 Å². The summed E-state index contributed by atoms with van der Waals surface area (Å²) in [4.78, 5) is 20.7. The molecule has 0 aliphatic heterocycles. The Morgan fingerprint density at radius 2 is 2.00 bits per heavy atom. The van der Waals surface area contributed by atoms with Crippen molar-refractivity contribution in [3.63, 3.8) is 0 Å². The average molecular weight is 276 g/mol. The summed E-state index contributed by atoms with van der Waals surface area (Å²) in [7, 11) is 0. The second kappa shape index (κ2) is 5.14. The maximum Gasteiger partial charge on any atom is 0.165 e. The highest BCUT2D eigenvalue weighted by molar-refractivity contribution is 5.98. The van der Waals surface area contributed by atoms with Crippen molar-refractivity contribution in [2.45, 2.75) is 26.7 Å². The number of carbonyl (C=O) groups excluding carboxylic acids is 1. The van der Waals surface area contributed by atoms with Gasteiger partial charge in [-0.3, -0.25) is 9.78 Å². The van der Waals surface area contributed by atoms with E-state index >= 15 is 0 Å². The molecule has 0 radical (unpaired) electrons. The zero-order valence-electron chi connectivity index (χ0n) is 12.2. The van der Waals surface area contributed by atoms with Crippen molar-refractivity contribution >= 4 is 5.78 Å². The Labute approximate surface area is 124 Å². The molecule has 3 nitrogen and oxygen atoms in total. The summed E-state index contributed by atoms with van der Waals surface area (Å²) in [5.41, 5.74) is 3.15. The van der Waals surface area contributed by atoms with Gasteiger partial charge in [0.1, 0.15) is 5.69 Å². The van der Waals surface area contributed by atoms with Crippen LogP contribution in [0.2, 0.25) is 0 Å². The van der Waals surface area contributed by atoms with Crippen LogP contribution >= 0.6 is 0 Å². The maximum absolute atomic E-state index is 12.1. The molecule has 2 aromatic rings. The summed E-state index contributed by atoms with van der Waals surface area (Å²) in [6.45, 7) is 4.20. The molecule has 0 amide bonds. The fraction of sp³-hybridized carbons (Fsp3) is 0.278. The third-order valence-electron chi connectivity index (χ3n) is 3.56. The molecule has 0 saturated heterocycles. The number of ketones is 1. The summed E-state index contributed by atoms with van der Waals surface area (Å²) < 4.78 is 0. The Morgan fingerprint density at radius 3 is 2.76 bits per heavy atom. The van der Waals surface area contributed by atoms with Crippen molar-refractivity contribution in [3.8, 4) is 11.8 Å². The first-order valence-electron chi connectivity index (χ1n) is 6.99. The fourth-order valence-electron chi connectivity index (χ4n) is 2.58. The first-order chi connectivity index (χ1) is 10.0. The molecule has 0 fully saturated rings. The van der Waals surface area contributed by atoms with Gasteiger partial charge in [-0.25, -0.2) is 4.98 Å². The van der Waals surface area contributed by atoms with Crippen LogP contribution < -0.4 is 0 Å². The van der Waals surface area contributed by atoms with Crippen molar-refractivity contribution in [3.05, 3.63) is 59.2 Å². The van der Waals surface area contributed by atoms with Crippen molar-refractivity contribution < 1.29 is 4.79 Å². The smallest absolute Gasteiger partial charge is 0.165 e. The molecule has 3 rings (SSSR count). The second-order valence-corrected chi connectivity index (χ2v) is 6.12. The number of hydrogen-bond acceptors (Lipinski definition) is 3. The van der Waals surface area contributed by atoms with E-state index in [0.717, 1.165) is 23.2 Å². The lowest BCUT2D eigenvalue weighted by molar-refractivity contribution is 0.0910. The molecular formula is C18H16N2O. The first kappa shape index (κ1) is 13.5. The number of Topliss-reactive ketones (excluding diaryl/α,β-unsaturated/α-hetero) is 1. The molecule has 2 aromatic heterocycles. The van der Waals surface area contributed by atoms with E-state index in [-0.39, 0.29) is 11.2 Å². The molecule has 104 valence electrons. The second-order valence-electron chi connectivity index (χ2n) is 6.12. The number of carbonyl (C=O) groups is 1. The van der Waals surface area contributed by atoms with Crippen LogP contribution in [0.1, 0.15) is 47.6 Å². The van der Waals surface area contributed by atoms with Gasteiger partial charge < -0.3 is 0 Å². The van der Waals surface area contributed by atoms with Gasteiger partial charge in [0.2, 0.25) is 0 Å². The molecule has 21 heavy (non-hydrogen) atoms. The zero-order chi connectivity index (χ0) is 14.9. The molecular weight excluding hydrogens is 260 g/mol. The largest absolute Gasteiger partial charge is 0.294 e. The van der Waals surface area contributed by atoms with Crippen LogP contribution in [-0.2, 0) is 6.42 Å². The third kappa shape index (κ3) is 3.00. The molecule has 1 aliphatic carbocycles. The summed E-state index contributed by atoms with van der Waals surface area (Å²) >= 11 is 0. The monoisotopic (exact) mass is 276 g/mol. The van der Waals surface area contributed by atoms with Gasteiger partial charge in [-0.1, -0.05) is 19.8 Å². The Hall–Kier alpha value is -2.47. The average Bonchev–Trinajstić information content (AvgIpc) is 2.44. The number of fused-ring (bicyclic) bond motifs is 1. The highest BCUT2D eigenvalue weighted by atomic mass is 16.1. The standard InChI is InChI=1S/C18H16N2O/c1-18(2)10-16-15(17(21)11-18)8-7-14(20-16)6-5-13-4-3-9-19-12-13/h3-4,7-9,12H,10-11H2,1-2H3. The van der Waals surface area contributed by atoms with E-state index < -0.39 is 0 Å². The first-order valence-corrected chi connectivity index (χ1v) is 6.99. The normalized spacial score (nSPS) is 15.8. The van der Waals surface area contributed by atoms with Gasteiger partial charge in [0, 0.05) is 29.9 Å². The minimum absolute atomic E-state index is 0.0213. The van der Waals surface area contributed by atoms with Crippen LogP contribution in [0.25, 0.3) is 0 Å². The summed E-state index contributed by atoms with van der Waals surface area (Å²) in [5.74, 6) is 6.26. The van der Waals surface area contributed by atoms with E-state index in [0.29, 0.717) is 12.1 Å². The molecule has 3 heteroatoms. The number of nitrogens with zero attached hydrogens (tertiary/aromatic N) is 2. The Kier molecular flexibility index (Phi) is 3.31. The number of hydrogen-bond donors (Lipinski definition) is 0. The van der Waals surface area contributed by atoms with E-state index in [1.54, 1.807) is 12.4 Å². The van der Waals surface area contributed by atoms with Crippen LogP contribution in [0.3, 0.4) is 0 Å². The van der Waals surface area contributed by atoms with Crippen LogP contribution in [0.4, 0.5) is 0 Å². The number of pyridine rings is 2. The minimum Gasteiger partial charge on any atom is -0.294 e. The van der Waals surface area contributed by atoms with Gasteiger partial charge in [-0.15, -0.1) is 0 Å². The van der Waals surface area contributed by atoms with E-state index in [4.69, 9.17) is 0 Å². The number of rotatable bonds is 0. The quantitative estimate of drug-likeness (QED) is 0.695. The van der Waals surface area contributed by atoms with Crippen molar-refractivity contribution in [1.82, 2.24) is 9.97 Å². The molecule has 0 N–H and O–H groups in total. The number of aromatic nitrogens is 2. The minimum atomic E-state index is -0.0213. The predicted octanol–water partition coefficient (Wildman–Crippen LogP) is 3.03. The van der Waals surface area contributed by atoms with Crippen molar-refractivity contribution in [2.75, 3.05) is 0 Å². The van der Waals surface area contributed by atoms with Crippen molar-refractivity contribution in [2.24, 2.45) is 5.41 Å². The van der Waals surface area contributed by atoms with E-state index in [9.17, 15) is 4.79 Å². The maximum atomic E-state index is 12.1. The van der Waals surface area contributed by atoms with Gasteiger partial charge in [-0.05, 0) is 42.0 Å². The molecule has 0 unspecified atom stereocenters. The fourth-order valence-corrected chi connectivity index (χ4v) is 2.58. The molecule has 0 saturated carbocycles. The Bertz CT molecular complexity index is 752. The SMILES string of the molecule is CC1(C)CC(=O)c2ccc(C#Cc3cccnc3)nc2C1. The zero-order valence-corrected chi connectivity index (χ0v) is 12.2. The van der Waals surface area contributed by atoms with Gasteiger partial charge >= 0.3 is 0 Å². The van der Waals surface area contributed by atoms with E-state index in [1.807, 2.05) is 24.3 Å². The summed E-state index contributed by atoms with van der Waals surface area (Å²) in [6.07, 6.45) is 4.84. The Balaban J connectivity index is 1.94. The lowest BCUT2D eigenvalue weighted by Crippen LogP contribution is -2.28. The lowest BCUT2D eigenvalue weighted by Gasteiger charge is -2.29. The van der Waals surface area contributed by atoms with Gasteiger partial charge in [0.25, 0.3) is 0 Å². The predicted molar refractivity (Wildman–Crippen MR) is 80.9 cm³/mol. The highest BCUT2D eigenvalue weighted by Crippen LogP contribution is 2.33. The summed E-state index contributed by atoms with van der Waals surface area (Å²) in [5, 5.41) is 0. The molecule has 0 bridgehead atoms. The molecule has 0 atom stereocenters. The molecule has 1 aliphatic rings. The molecule has 0 spiro atoms. The van der Waals surface area contributed by atoms with E-state index in [2.05, 4.69) is 35.7 Å². The molecule has 0 aromatic carbocycles. The molecule has 2 heterocycles. The highest BCUT2D eigenvalue weighted by Gasteiger charge is 2.31. The van der Waals surface area contributed by atoms with Crippen LogP contribution in [0.5, 0.6) is 0 Å². The lowest BCUT2D eigenvalue weighted by atomic mass is 9.75. The van der Waals surface area contributed by atoms with Crippen LogP contribution in [0, 0.1) is 17.3 Å². The third-order valence-corrected chi connectivity index (χ3v) is 3.56. The Morgan fingerprint density at radius 1 is 1.14 bits per heavy atom. The van der Waals surface area contributed by atoms with Crippen LogP contribution in [-0.4, -0.2) is 15.8 Å². The van der Waals surface area contributed by atoms with Gasteiger partial charge in [0.05, 0.1) is 5.69 Å². The van der Waals surface area contributed by atoms with Gasteiger partial charge in [0.15, 0.2) is 5.78 Å². The van der Waals surface area contributed by atoms with E-state index in [1.165, 1.54) is 0 Å². The van der Waals surface area contributed by atoms with Crippen molar-refractivity contribution in [1.29, 1.82) is 0 Å². The summed E-state index contributed by atoms with van der Waals surface area (Å²) in [6, 6.07) is 7.43.